The Hall–Kier alpha value is -2.80. The third-order valence-electron chi connectivity index (χ3n) is 3.35. The number of cyclic esters (lactones) is 1. The molecule has 0 N–H and O–H groups in total. The zero-order valence-corrected chi connectivity index (χ0v) is 14.2. The van der Waals surface area contributed by atoms with E-state index in [1.807, 2.05) is 17.5 Å². The van der Waals surface area contributed by atoms with E-state index in [1.54, 1.807) is 18.2 Å². The van der Waals surface area contributed by atoms with Gasteiger partial charge in [0.15, 0.2) is 17.2 Å². The number of aliphatic imine (C=N–C) groups is 1. The molecule has 6 nitrogen and oxygen atoms in total. The molecule has 0 fully saturated rings. The van der Waals surface area contributed by atoms with E-state index in [1.165, 1.54) is 32.7 Å². The molecule has 7 heteroatoms. The van der Waals surface area contributed by atoms with E-state index in [-0.39, 0.29) is 11.6 Å². The first kappa shape index (κ1) is 16.1. The van der Waals surface area contributed by atoms with Gasteiger partial charge in [-0.15, -0.1) is 11.3 Å². The fourth-order valence-corrected chi connectivity index (χ4v) is 2.90. The zero-order chi connectivity index (χ0) is 17.1. The molecule has 2 aromatic rings. The Morgan fingerprint density at radius 3 is 2.38 bits per heavy atom. The fraction of sp³-hybridized carbons (Fsp3) is 0.176. The molecule has 0 spiro atoms. The lowest BCUT2D eigenvalue weighted by Crippen LogP contribution is -2.06. The fourth-order valence-electron chi connectivity index (χ4n) is 2.25. The standard InChI is InChI=1S/C17H15NO5S/c1-20-13-7-10(8-14(21-2)15(13)22-3)16-18-12(17(19)23-16)9-11-5-4-6-24-11/h4-9H,1-3H3/b12-9+. The molecule has 0 atom stereocenters. The van der Waals surface area contributed by atoms with Gasteiger partial charge in [0.2, 0.25) is 11.6 Å². The van der Waals surface area contributed by atoms with E-state index in [9.17, 15) is 4.79 Å². The third-order valence-corrected chi connectivity index (χ3v) is 4.17. The van der Waals surface area contributed by atoms with E-state index in [4.69, 9.17) is 18.9 Å². The number of thiophene rings is 1. The topological polar surface area (TPSA) is 66.4 Å². The van der Waals surface area contributed by atoms with Crippen LogP contribution in [-0.2, 0) is 9.53 Å². The number of carbonyl (C=O) groups is 1. The van der Waals surface area contributed by atoms with Crippen LogP contribution in [0.2, 0.25) is 0 Å². The predicted molar refractivity (Wildman–Crippen MR) is 91.0 cm³/mol. The molecular formula is C17H15NO5S. The summed E-state index contributed by atoms with van der Waals surface area (Å²) in [6, 6.07) is 7.17. The van der Waals surface area contributed by atoms with Crippen molar-refractivity contribution in [1.29, 1.82) is 0 Å². The first-order valence-electron chi connectivity index (χ1n) is 7.02. The largest absolute Gasteiger partial charge is 0.493 e. The Balaban J connectivity index is 2.01. The van der Waals surface area contributed by atoms with Crippen molar-refractivity contribution in [2.75, 3.05) is 21.3 Å². The number of benzene rings is 1. The molecule has 3 rings (SSSR count). The highest BCUT2D eigenvalue weighted by Gasteiger charge is 2.26. The summed E-state index contributed by atoms with van der Waals surface area (Å²) in [5, 5.41) is 1.93. The van der Waals surface area contributed by atoms with Crippen molar-refractivity contribution in [2.45, 2.75) is 0 Å². The highest BCUT2D eigenvalue weighted by molar-refractivity contribution is 7.10. The SMILES string of the molecule is COc1cc(C2=N/C(=C/c3cccs3)C(=O)O2)cc(OC)c1OC. The Bertz CT molecular complexity index is 799. The molecule has 1 aromatic heterocycles. The second kappa shape index (κ2) is 6.76. The molecule has 0 amide bonds. The maximum atomic E-state index is 12.0. The third kappa shape index (κ3) is 2.98. The molecule has 2 heterocycles. The number of carbonyl (C=O) groups excluding carboxylic acids is 1. The van der Waals surface area contributed by atoms with Gasteiger partial charge in [-0.1, -0.05) is 6.07 Å². The Morgan fingerprint density at radius 2 is 1.83 bits per heavy atom. The Morgan fingerprint density at radius 1 is 1.12 bits per heavy atom. The molecule has 0 saturated heterocycles. The zero-order valence-electron chi connectivity index (χ0n) is 13.4. The molecule has 1 aromatic carbocycles. The van der Waals surface area contributed by atoms with Gasteiger partial charge in [0.05, 0.1) is 21.3 Å². The summed E-state index contributed by atoms with van der Waals surface area (Å²) in [7, 11) is 4.56. The minimum absolute atomic E-state index is 0.196. The van der Waals surface area contributed by atoms with Crippen LogP contribution in [0.15, 0.2) is 40.3 Å². The van der Waals surface area contributed by atoms with Crippen molar-refractivity contribution in [3.63, 3.8) is 0 Å². The average Bonchev–Trinajstić information content (AvgIpc) is 3.24. The number of methoxy groups -OCH3 is 3. The Labute approximate surface area is 142 Å². The van der Waals surface area contributed by atoms with Crippen molar-refractivity contribution in [3.05, 3.63) is 45.8 Å². The first-order valence-corrected chi connectivity index (χ1v) is 7.90. The molecule has 0 bridgehead atoms. The molecular weight excluding hydrogens is 330 g/mol. The van der Waals surface area contributed by atoms with Crippen LogP contribution in [0.4, 0.5) is 0 Å². The summed E-state index contributed by atoms with van der Waals surface area (Å²) in [4.78, 5) is 17.2. The first-order chi connectivity index (χ1) is 11.7. The van der Waals surface area contributed by atoms with Gasteiger partial charge in [-0.25, -0.2) is 9.79 Å². The second-order valence-electron chi connectivity index (χ2n) is 4.77. The van der Waals surface area contributed by atoms with Gasteiger partial charge < -0.3 is 18.9 Å². The van der Waals surface area contributed by atoms with Crippen LogP contribution >= 0.6 is 11.3 Å². The number of hydrogen-bond donors (Lipinski definition) is 0. The van der Waals surface area contributed by atoms with Crippen molar-refractivity contribution in [1.82, 2.24) is 0 Å². The van der Waals surface area contributed by atoms with Crippen LogP contribution in [0.3, 0.4) is 0 Å². The molecule has 1 aliphatic rings. The Kier molecular flexibility index (Phi) is 4.52. The van der Waals surface area contributed by atoms with Gasteiger partial charge in [-0.05, 0) is 29.7 Å². The maximum absolute atomic E-state index is 12.0. The lowest BCUT2D eigenvalue weighted by atomic mass is 10.2. The molecule has 0 unspecified atom stereocenters. The minimum Gasteiger partial charge on any atom is -0.493 e. The van der Waals surface area contributed by atoms with Crippen LogP contribution < -0.4 is 14.2 Å². The van der Waals surface area contributed by atoms with E-state index in [2.05, 4.69) is 4.99 Å². The molecule has 124 valence electrons. The summed E-state index contributed by atoms with van der Waals surface area (Å²) in [6.07, 6.45) is 1.69. The van der Waals surface area contributed by atoms with Crippen LogP contribution in [0.5, 0.6) is 17.2 Å². The van der Waals surface area contributed by atoms with Crippen LogP contribution in [0.1, 0.15) is 10.4 Å². The molecule has 0 aliphatic carbocycles. The highest BCUT2D eigenvalue weighted by atomic mass is 32.1. The molecule has 0 saturated carbocycles. The summed E-state index contributed by atoms with van der Waals surface area (Å²) in [5.41, 5.74) is 0.814. The van der Waals surface area contributed by atoms with E-state index in [0.29, 0.717) is 22.8 Å². The van der Waals surface area contributed by atoms with Gasteiger partial charge in [0.1, 0.15) is 0 Å². The number of esters is 1. The van der Waals surface area contributed by atoms with Crippen molar-refractivity contribution >= 4 is 29.3 Å². The highest BCUT2D eigenvalue weighted by Crippen LogP contribution is 2.39. The summed E-state index contributed by atoms with van der Waals surface area (Å²) in [5.74, 6) is 1.08. The normalized spacial score (nSPS) is 15.2. The molecule has 1 aliphatic heterocycles. The van der Waals surface area contributed by atoms with E-state index in [0.717, 1.165) is 4.88 Å². The molecule has 24 heavy (non-hydrogen) atoms. The molecule has 0 radical (unpaired) electrons. The van der Waals surface area contributed by atoms with Gasteiger partial charge >= 0.3 is 5.97 Å². The number of nitrogens with zero attached hydrogens (tertiary/aromatic N) is 1. The average molecular weight is 345 g/mol. The van der Waals surface area contributed by atoms with Gasteiger partial charge in [-0.2, -0.15) is 0 Å². The van der Waals surface area contributed by atoms with Gasteiger partial charge in [0, 0.05) is 10.4 Å². The number of hydrogen-bond acceptors (Lipinski definition) is 7. The lowest BCUT2D eigenvalue weighted by molar-refractivity contribution is -0.129. The predicted octanol–water partition coefficient (Wildman–Crippen LogP) is 3.12. The van der Waals surface area contributed by atoms with E-state index >= 15 is 0 Å². The van der Waals surface area contributed by atoms with Crippen LogP contribution in [0.25, 0.3) is 6.08 Å². The summed E-state index contributed by atoms with van der Waals surface area (Å²) in [6.45, 7) is 0. The van der Waals surface area contributed by atoms with Crippen molar-refractivity contribution in [2.24, 2.45) is 4.99 Å². The minimum atomic E-state index is -0.493. The number of ether oxygens (including phenoxy) is 4. The summed E-state index contributed by atoms with van der Waals surface area (Å²) >= 11 is 1.52. The monoisotopic (exact) mass is 345 g/mol. The van der Waals surface area contributed by atoms with Crippen molar-refractivity contribution < 1.29 is 23.7 Å². The van der Waals surface area contributed by atoms with E-state index < -0.39 is 5.97 Å². The van der Waals surface area contributed by atoms with Crippen LogP contribution in [0, 0.1) is 0 Å². The van der Waals surface area contributed by atoms with Gasteiger partial charge in [0.25, 0.3) is 0 Å². The maximum Gasteiger partial charge on any atom is 0.363 e. The van der Waals surface area contributed by atoms with Crippen LogP contribution in [-0.4, -0.2) is 33.2 Å². The quantitative estimate of drug-likeness (QED) is 0.615. The van der Waals surface area contributed by atoms with Crippen molar-refractivity contribution in [3.8, 4) is 17.2 Å². The summed E-state index contributed by atoms with van der Waals surface area (Å²) < 4.78 is 21.2. The second-order valence-corrected chi connectivity index (χ2v) is 5.74. The smallest absolute Gasteiger partial charge is 0.363 e. The number of rotatable bonds is 5. The van der Waals surface area contributed by atoms with Gasteiger partial charge in [-0.3, -0.25) is 0 Å². The lowest BCUT2D eigenvalue weighted by Gasteiger charge is -2.13.